The molecule has 1 atom stereocenters. The van der Waals surface area contributed by atoms with Crippen LogP contribution in [0.1, 0.15) is 6.42 Å². The fourth-order valence-corrected chi connectivity index (χ4v) is 2.50. The molecule has 2 N–H and O–H groups in total. The van der Waals surface area contributed by atoms with E-state index in [0.717, 1.165) is 30.7 Å². The van der Waals surface area contributed by atoms with Gasteiger partial charge in [-0.2, -0.15) is 5.10 Å². The maximum atomic E-state index is 11.8. The zero-order chi connectivity index (χ0) is 13.8. The molecule has 0 radical (unpaired) electrons. The van der Waals surface area contributed by atoms with Gasteiger partial charge >= 0.3 is 0 Å². The molecular formula is C12H19ClN4O2. The smallest absolute Gasteiger partial charge is 0.287 e. The van der Waals surface area contributed by atoms with Crippen LogP contribution >= 0.6 is 11.6 Å². The second-order valence-electron chi connectivity index (χ2n) is 4.92. The molecular weight excluding hydrogens is 268 g/mol. The van der Waals surface area contributed by atoms with Gasteiger partial charge in [-0.3, -0.25) is 4.79 Å². The standard InChI is InChI=1S/C12H19ClN4O2/c1-16-3-2-9(8-16)6-14-10-7-15-17(4-5-18)12(19)11(10)13/h7,9,14,18H,2-6,8H2,1H3. The van der Waals surface area contributed by atoms with E-state index in [0.29, 0.717) is 11.6 Å². The first-order chi connectivity index (χ1) is 9.11. The molecule has 1 aromatic rings. The van der Waals surface area contributed by atoms with Crippen LogP contribution in [0.3, 0.4) is 0 Å². The third kappa shape index (κ3) is 3.46. The summed E-state index contributed by atoms with van der Waals surface area (Å²) in [4.78, 5) is 14.1. The molecule has 0 amide bonds. The Bertz CT molecular complexity index is 491. The fraction of sp³-hybridized carbons (Fsp3) is 0.667. The SMILES string of the molecule is CN1CCC(CNc2cnn(CCO)c(=O)c2Cl)C1. The zero-order valence-electron chi connectivity index (χ0n) is 11.0. The second kappa shape index (κ2) is 6.36. The average Bonchev–Trinajstić information content (AvgIpc) is 2.80. The average molecular weight is 287 g/mol. The predicted molar refractivity (Wildman–Crippen MR) is 74.7 cm³/mol. The lowest BCUT2D eigenvalue weighted by Crippen LogP contribution is -2.26. The van der Waals surface area contributed by atoms with Gasteiger partial charge in [-0.05, 0) is 25.9 Å². The Morgan fingerprint density at radius 2 is 2.42 bits per heavy atom. The van der Waals surface area contributed by atoms with Gasteiger partial charge < -0.3 is 15.3 Å². The monoisotopic (exact) mass is 286 g/mol. The Hall–Kier alpha value is -1.11. The lowest BCUT2D eigenvalue weighted by Gasteiger charge is -2.14. The molecule has 0 bridgehead atoms. The lowest BCUT2D eigenvalue weighted by atomic mass is 10.1. The number of halogens is 1. The van der Waals surface area contributed by atoms with Crippen molar-refractivity contribution in [2.75, 3.05) is 38.6 Å². The number of aliphatic hydroxyl groups excluding tert-OH is 1. The molecule has 1 aliphatic rings. The van der Waals surface area contributed by atoms with E-state index in [1.165, 1.54) is 6.20 Å². The first-order valence-electron chi connectivity index (χ1n) is 6.40. The van der Waals surface area contributed by atoms with E-state index in [1.807, 2.05) is 0 Å². The van der Waals surface area contributed by atoms with Gasteiger partial charge in [0.1, 0.15) is 5.02 Å². The molecule has 2 heterocycles. The van der Waals surface area contributed by atoms with Crippen molar-refractivity contribution in [1.82, 2.24) is 14.7 Å². The molecule has 0 spiro atoms. The molecule has 0 aliphatic carbocycles. The second-order valence-corrected chi connectivity index (χ2v) is 5.30. The first-order valence-corrected chi connectivity index (χ1v) is 6.78. The highest BCUT2D eigenvalue weighted by Crippen LogP contribution is 2.19. The number of rotatable bonds is 5. The Balaban J connectivity index is 2.01. The summed E-state index contributed by atoms with van der Waals surface area (Å²) in [6.45, 7) is 2.97. The van der Waals surface area contributed by atoms with Crippen molar-refractivity contribution in [3.8, 4) is 0 Å². The maximum absolute atomic E-state index is 11.8. The van der Waals surface area contributed by atoms with Gasteiger partial charge in [-0.15, -0.1) is 0 Å². The summed E-state index contributed by atoms with van der Waals surface area (Å²) in [5.41, 5.74) is 0.194. The highest BCUT2D eigenvalue weighted by molar-refractivity contribution is 6.32. The van der Waals surface area contributed by atoms with Crippen molar-refractivity contribution in [3.63, 3.8) is 0 Å². The summed E-state index contributed by atoms with van der Waals surface area (Å²) in [7, 11) is 2.10. The third-order valence-corrected chi connectivity index (χ3v) is 3.73. The number of nitrogens with one attached hydrogen (secondary N) is 1. The Kier molecular flexibility index (Phi) is 4.79. The van der Waals surface area contributed by atoms with Crippen molar-refractivity contribution >= 4 is 17.3 Å². The van der Waals surface area contributed by atoms with Crippen molar-refractivity contribution < 1.29 is 5.11 Å². The molecule has 1 saturated heterocycles. The van der Waals surface area contributed by atoms with Crippen LogP contribution in [0.2, 0.25) is 5.02 Å². The zero-order valence-corrected chi connectivity index (χ0v) is 11.7. The molecule has 1 unspecified atom stereocenters. The molecule has 0 aromatic carbocycles. The van der Waals surface area contributed by atoms with Gasteiger partial charge in [0.05, 0.1) is 25.0 Å². The van der Waals surface area contributed by atoms with Gasteiger partial charge in [0.25, 0.3) is 5.56 Å². The minimum atomic E-state index is -0.371. The number of aromatic nitrogens is 2. The fourth-order valence-electron chi connectivity index (χ4n) is 2.29. The van der Waals surface area contributed by atoms with Crippen LogP contribution in [0, 0.1) is 5.92 Å². The Morgan fingerprint density at radius 3 is 3.05 bits per heavy atom. The molecule has 106 valence electrons. The maximum Gasteiger partial charge on any atom is 0.287 e. The van der Waals surface area contributed by atoms with Crippen molar-refractivity contribution in [2.45, 2.75) is 13.0 Å². The van der Waals surface area contributed by atoms with Crippen LogP contribution in [0.25, 0.3) is 0 Å². The van der Waals surface area contributed by atoms with Crippen LogP contribution in [0.5, 0.6) is 0 Å². The van der Waals surface area contributed by atoms with E-state index in [9.17, 15) is 4.79 Å². The van der Waals surface area contributed by atoms with Gasteiger partial charge in [0.2, 0.25) is 0 Å². The van der Waals surface area contributed by atoms with E-state index in [4.69, 9.17) is 16.7 Å². The largest absolute Gasteiger partial charge is 0.394 e. The van der Waals surface area contributed by atoms with Gasteiger partial charge in [-0.25, -0.2) is 4.68 Å². The van der Waals surface area contributed by atoms with Crippen LogP contribution in [0.4, 0.5) is 5.69 Å². The van der Waals surface area contributed by atoms with Gasteiger partial charge in [-0.1, -0.05) is 11.6 Å². The quantitative estimate of drug-likeness (QED) is 0.812. The third-order valence-electron chi connectivity index (χ3n) is 3.37. The molecule has 2 rings (SSSR count). The molecule has 1 aromatic heterocycles. The first kappa shape index (κ1) is 14.3. The summed E-state index contributed by atoms with van der Waals surface area (Å²) in [6, 6.07) is 0. The van der Waals surface area contributed by atoms with E-state index in [-0.39, 0.29) is 23.7 Å². The van der Waals surface area contributed by atoms with Crippen molar-refractivity contribution in [2.24, 2.45) is 5.92 Å². The van der Waals surface area contributed by atoms with Gasteiger partial charge in [0, 0.05) is 13.1 Å². The van der Waals surface area contributed by atoms with E-state index >= 15 is 0 Å². The summed E-state index contributed by atoms with van der Waals surface area (Å²) < 4.78 is 1.16. The van der Waals surface area contributed by atoms with E-state index in [2.05, 4.69) is 22.4 Å². The number of anilines is 1. The van der Waals surface area contributed by atoms with E-state index in [1.54, 1.807) is 0 Å². The minimum Gasteiger partial charge on any atom is -0.394 e. The molecule has 7 heteroatoms. The summed E-state index contributed by atoms with van der Waals surface area (Å²) >= 11 is 6.02. The Labute approximate surface area is 117 Å². The van der Waals surface area contributed by atoms with Crippen LogP contribution in [0.15, 0.2) is 11.0 Å². The molecule has 6 nitrogen and oxygen atoms in total. The highest BCUT2D eigenvalue weighted by atomic mass is 35.5. The molecule has 1 aliphatic heterocycles. The minimum absolute atomic E-state index is 0.134. The number of aliphatic hydroxyl groups is 1. The molecule has 0 saturated carbocycles. The Morgan fingerprint density at radius 1 is 1.63 bits per heavy atom. The predicted octanol–water partition coefficient (Wildman–Crippen LogP) is 0.253. The summed E-state index contributed by atoms with van der Waals surface area (Å²) in [5.74, 6) is 0.570. The van der Waals surface area contributed by atoms with Crippen LogP contribution in [-0.4, -0.2) is 53.1 Å². The molecule has 1 fully saturated rings. The van der Waals surface area contributed by atoms with Crippen molar-refractivity contribution in [1.29, 1.82) is 0 Å². The van der Waals surface area contributed by atoms with Gasteiger partial charge in [0.15, 0.2) is 0 Å². The number of likely N-dealkylation sites (tertiary alicyclic amines) is 1. The highest BCUT2D eigenvalue weighted by Gasteiger charge is 2.19. The number of hydrogen-bond acceptors (Lipinski definition) is 5. The molecule has 19 heavy (non-hydrogen) atoms. The number of hydrogen-bond donors (Lipinski definition) is 2. The van der Waals surface area contributed by atoms with E-state index < -0.39 is 0 Å². The number of nitrogens with zero attached hydrogens (tertiary/aromatic N) is 3. The lowest BCUT2D eigenvalue weighted by molar-refractivity contribution is 0.266. The van der Waals surface area contributed by atoms with Crippen LogP contribution in [-0.2, 0) is 6.54 Å². The summed E-state index contributed by atoms with van der Waals surface area (Å²) in [5, 5.41) is 16.1. The topological polar surface area (TPSA) is 70.4 Å². The van der Waals surface area contributed by atoms with Crippen molar-refractivity contribution in [3.05, 3.63) is 21.6 Å². The summed E-state index contributed by atoms with van der Waals surface area (Å²) in [6.07, 6.45) is 2.69. The van der Waals surface area contributed by atoms with Crippen LogP contribution < -0.4 is 10.9 Å². The normalized spacial score (nSPS) is 19.8.